The fourth-order valence-electron chi connectivity index (χ4n) is 2.66. The fourth-order valence-corrected chi connectivity index (χ4v) is 2.82. The highest BCUT2D eigenvalue weighted by molar-refractivity contribution is 6.30. The van der Waals surface area contributed by atoms with Crippen LogP contribution in [0, 0.1) is 0 Å². The minimum Gasteiger partial charge on any atom is -0.302 e. The van der Waals surface area contributed by atoms with Crippen molar-refractivity contribution in [2.24, 2.45) is 0 Å². The molecule has 1 aliphatic carbocycles. The molecule has 0 saturated heterocycles. The monoisotopic (exact) mass is 234 g/mol. The number of aryl methyl sites for hydroxylation is 1. The zero-order valence-corrected chi connectivity index (χ0v) is 10.4. The van der Waals surface area contributed by atoms with Gasteiger partial charge in [-0.05, 0) is 31.4 Å². The topological polar surface area (TPSA) is 17.3 Å². The van der Waals surface area contributed by atoms with Gasteiger partial charge in [0, 0.05) is 17.3 Å². The van der Waals surface area contributed by atoms with E-state index in [0.717, 1.165) is 17.1 Å². The molecule has 2 heterocycles. The number of imidazole rings is 1. The first-order valence-corrected chi connectivity index (χ1v) is 6.13. The standard InChI is InChI=1S/C13H15ClN2/c1-13(2)7-3-4-10-12(13)15-11-6-5-9(14)8-16(10)11/h5-6,8H,3-4,7H2,1-2H3. The summed E-state index contributed by atoms with van der Waals surface area (Å²) in [6.45, 7) is 4.55. The molecule has 0 spiro atoms. The van der Waals surface area contributed by atoms with Crippen LogP contribution in [-0.4, -0.2) is 9.38 Å². The Kier molecular flexibility index (Phi) is 2.05. The van der Waals surface area contributed by atoms with Gasteiger partial charge in [0.15, 0.2) is 0 Å². The average Bonchev–Trinajstić information content (AvgIpc) is 2.58. The molecule has 0 bridgehead atoms. The predicted octanol–water partition coefficient (Wildman–Crippen LogP) is 3.60. The third-order valence-corrected chi connectivity index (χ3v) is 3.76. The highest BCUT2D eigenvalue weighted by atomic mass is 35.5. The number of hydrogen-bond acceptors (Lipinski definition) is 1. The molecule has 3 rings (SSSR count). The molecule has 2 nitrogen and oxygen atoms in total. The van der Waals surface area contributed by atoms with Crippen molar-refractivity contribution in [3.05, 3.63) is 34.7 Å². The smallest absolute Gasteiger partial charge is 0.137 e. The van der Waals surface area contributed by atoms with Crippen molar-refractivity contribution in [2.45, 2.75) is 38.5 Å². The number of hydrogen-bond donors (Lipinski definition) is 0. The number of halogens is 1. The molecule has 0 aromatic carbocycles. The third-order valence-electron chi connectivity index (χ3n) is 3.54. The normalized spacial score (nSPS) is 18.7. The molecule has 0 N–H and O–H groups in total. The Morgan fingerprint density at radius 1 is 1.38 bits per heavy atom. The van der Waals surface area contributed by atoms with Gasteiger partial charge < -0.3 is 4.40 Å². The second-order valence-electron chi connectivity index (χ2n) is 5.22. The van der Waals surface area contributed by atoms with Crippen LogP contribution in [0.25, 0.3) is 5.65 Å². The number of aromatic nitrogens is 2. The van der Waals surface area contributed by atoms with Crippen molar-refractivity contribution in [1.82, 2.24) is 9.38 Å². The molecule has 0 amide bonds. The lowest BCUT2D eigenvalue weighted by atomic mass is 9.78. The lowest BCUT2D eigenvalue weighted by Crippen LogP contribution is -2.24. The quantitative estimate of drug-likeness (QED) is 0.681. The van der Waals surface area contributed by atoms with Crippen LogP contribution in [0.3, 0.4) is 0 Å². The van der Waals surface area contributed by atoms with Crippen LogP contribution in [0.1, 0.15) is 38.1 Å². The van der Waals surface area contributed by atoms with Gasteiger partial charge in [0.05, 0.1) is 10.7 Å². The maximum atomic E-state index is 6.04. The lowest BCUT2D eigenvalue weighted by Gasteiger charge is -2.28. The summed E-state index contributed by atoms with van der Waals surface area (Å²) >= 11 is 6.04. The van der Waals surface area contributed by atoms with Gasteiger partial charge >= 0.3 is 0 Å². The Labute approximate surface area is 100 Å². The molecule has 16 heavy (non-hydrogen) atoms. The van der Waals surface area contributed by atoms with Crippen LogP contribution >= 0.6 is 11.6 Å². The Balaban J connectivity index is 2.33. The van der Waals surface area contributed by atoms with E-state index in [1.807, 2.05) is 18.3 Å². The van der Waals surface area contributed by atoms with Crippen LogP contribution in [0.15, 0.2) is 18.3 Å². The van der Waals surface area contributed by atoms with Gasteiger partial charge in [0.1, 0.15) is 5.65 Å². The van der Waals surface area contributed by atoms with Gasteiger partial charge in [0.25, 0.3) is 0 Å². The van der Waals surface area contributed by atoms with E-state index in [-0.39, 0.29) is 5.41 Å². The molecule has 0 radical (unpaired) electrons. The van der Waals surface area contributed by atoms with Crippen LogP contribution in [0.4, 0.5) is 0 Å². The molecule has 2 aromatic rings. The Bertz CT molecular complexity index is 554. The van der Waals surface area contributed by atoms with Gasteiger partial charge in [-0.25, -0.2) is 4.98 Å². The van der Waals surface area contributed by atoms with E-state index < -0.39 is 0 Å². The highest BCUT2D eigenvalue weighted by Crippen LogP contribution is 2.36. The largest absolute Gasteiger partial charge is 0.302 e. The van der Waals surface area contributed by atoms with Crippen molar-refractivity contribution in [3.63, 3.8) is 0 Å². The highest BCUT2D eigenvalue weighted by Gasteiger charge is 2.31. The SMILES string of the molecule is CC1(C)CCCc2c1nc1ccc(Cl)cn21. The van der Waals surface area contributed by atoms with Crippen molar-refractivity contribution in [1.29, 1.82) is 0 Å². The number of rotatable bonds is 0. The Morgan fingerprint density at radius 2 is 2.19 bits per heavy atom. The first kappa shape index (κ1) is 10.2. The first-order valence-electron chi connectivity index (χ1n) is 5.75. The molecule has 84 valence electrons. The van der Waals surface area contributed by atoms with E-state index in [0.29, 0.717) is 0 Å². The van der Waals surface area contributed by atoms with E-state index in [9.17, 15) is 0 Å². The lowest BCUT2D eigenvalue weighted by molar-refractivity contribution is 0.418. The van der Waals surface area contributed by atoms with Crippen LogP contribution < -0.4 is 0 Å². The number of pyridine rings is 1. The molecule has 0 fully saturated rings. The van der Waals surface area contributed by atoms with Crippen LogP contribution in [0.2, 0.25) is 5.02 Å². The van der Waals surface area contributed by atoms with Crippen molar-refractivity contribution < 1.29 is 0 Å². The van der Waals surface area contributed by atoms with Crippen molar-refractivity contribution in [2.75, 3.05) is 0 Å². The molecule has 0 unspecified atom stereocenters. The maximum absolute atomic E-state index is 6.04. The summed E-state index contributed by atoms with van der Waals surface area (Å²) in [6, 6.07) is 3.90. The summed E-state index contributed by atoms with van der Waals surface area (Å²) in [5.41, 5.74) is 3.81. The fraction of sp³-hybridized carbons (Fsp3) is 0.462. The van der Waals surface area contributed by atoms with Crippen molar-refractivity contribution in [3.8, 4) is 0 Å². The number of fused-ring (bicyclic) bond motifs is 3. The Morgan fingerprint density at radius 3 is 3.00 bits per heavy atom. The average molecular weight is 235 g/mol. The van der Waals surface area contributed by atoms with E-state index >= 15 is 0 Å². The van der Waals surface area contributed by atoms with Gasteiger partial charge in [-0.1, -0.05) is 25.4 Å². The second kappa shape index (κ2) is 3.24. The molecule has 0 aliphatic heterocycles. The van der Waals surface area contributed by atoms with E-state index in [1.165, 1.54) is 24.2 Å². The summed E-state index contributed by atoms with van der Waals surface area (Å²) < 4.78 is 2.15. The molecule has 2 aromatic heterocycles. The molecular formula is C13H15ClN2. The zero-order chi connectivity index (χ0) is 11.3. The summed E-state index contributed by atoms with van der Waals surface area (Å²) in [4.78, 5) is 4.75. The molecule has 0 saturated carbocycles. The first-order chi connectivity index (χ1) is 7.58. The molecule has 0 atom stereocenters. The van der Waals surface area contributed by atoms with E-state index in [1.54, 1.807) is 0 Å². The van der Waals surface area contributed by atoms with Gasteiger partial charge in [-0.3, -0.25) is 0 Å². The maximum Gasteiger partial charge on any atom is 0.137 e. The van der Waals surface area contributed by atoms with Gasteiger partial charge in [-0.2, -0.15) is 0 Å². The second-order valence-corrected chi connectivity index (χ2v) is 5.66. The van der Waals surface area contributed by atoms with Crippen LogP contribution in [-0.2, 0) is 11.8 Å². The predicted molar refractivity (Wildman–Crippen MR) is 66.2 cm³/mol. The minimum atomic E-state index is 0.200. The van der Waals surface area contributed by atoms with E-state index in [4.69, 9.17) is 16.6 Å². The van der Waals surface area contributed by atoms with E-state index in [2.05, 4.69) is 18.2 Å². The summed E-state index contributed by atoms with van der Waals surface area (Å²) in [5, 5.41) is 0.774. The van der Waals surface area contributed by atoms with Gasteiger partial charge in [0.2, 0.25) is 0 Å². The molecular weight excluding hydrogens is 220 g/mol. The van der Waals surface area contributed by atoms with Gasteiger partial charge in [-0.15, -0.1) is 0 Å². The minimum absolute atomic E-state index is 0.200. The summed E-state index contributed by atoms with van der Waals surface area (Å²) in [6.07, 6.45) is 5.54. The molecule has 3 heteroatoms. The molecule has 1 aliphatic rings. The van der Waals surface area contributed by atoms with Crippen LogP contribution in [0.5, 0.6) is 0 Å². The summed E-state index contributed by atoms with van der Waals surface area (Å²) in [5.74, 6) is 0. The zero-order valence-electron chi connectivity index (χ0n) is 9.63. The number of nitrogens with zero attached hydrogens (tertiary/aromatic N) is 2. The van der Waals surface area contributed by atoms with Crippen molar-refractivity contribution >= 4 is 17.2 Å². The Hall–Kier alpha value is -1.02. The third kappa shape index (κ3) is 1.36. The summed E-state index contributed by atoms with van der Waals surface area (Å²) in [7, 11) is 0.